The molecule has 0 radical (unpaired) electrons. The molecule has 0 amide bonds. The van der Waals surface area contributed by atoms with Crippen LogP contribution in [0, 0.1) is 50.7 Å². The van der Waals surface area contributed by atoms with Gasteiger partial charge in [-0.15, -0.1) is 0 Å². The van der Waals surface area contributed by atoms with Gasteiger partial charge in [-0.25, -0.2) is 4.79 Å². The predicted octanol–water partition coefficient (Wildman–Crippen LogP) is 3.83. The highest BCUT2D eigenvalue weighted by atomic mass is 16.8. The molecule has 12 heteroatoms. The number of hydrogen-bond donors (Lipinski definition) is 4. The molecule has 8 aliphatic rings. The van der Waals surface area contributed by atoms with Gasteiger partial charge in [0, 0.05) is 23.7 Å². The minimum atomic E-state index is -1.58. The van der Waals surface area contributed by atoms with Gasteiger partial charge in [-0.1, -0.05) is 34.6 Å². The van der Waals surface area contributed by atoms with E-state index in [9.17, 15) is 30.0 Å². The Balaban J connectivity index is 1.05. The Morgan fingerprint density at radius 3 is 2.26 bits per heavy atom. The second kappa shape index (κ2) is 10.8. The minimum Gasteiger partial charge on any atom is -0.457 e. The fourth-order valence-corrected chi connectivity index (χ4v) is 14.5. The number of carbonyl (C=O) groups excluding carboxylic acids is 2. The lowest BCUT2D eigenvalue weighted by Gasteiger charge is -2.63. The smallest absolute Gasteiger partial charge is 0.457 e. The highest BCUT2D eigenvalue weighted by Crippen LogP contribution is 2.90. The number of aliphatic hydroxyl groups is 4. The summed E-state index contributed by atoms with van der Waals surface area (Å²) in [5, 5.41) is 43.2. The summed E-state index contributed by atoms with van der Waals surface area (Å²) in [5.74, 6) is -0.720. The Hall–Kier alpha value is -1.54. The van der Waals surface area contributed by atoms with Gasteiger partial charge in [-0.2, -0.15) is 0 Å². The maximum Gasteiger partial charge on any atom is 0.509 e. The second-order valence-corrected chi connectivity index (χ2v) is 19.2. The fourth-order valence-electron chi connectivity index (χ4n) is 14.5. The molecule has 4 N–H and O–H groups in total. The zero-order valence-corrected chi connectivity index (χ0v) is 30.8. The molecule has 2 bridgehead atoms. The van der Waals surface area contributed by atoms with Crippen LogP contribution in [0.3, 0.4) is 0 Å². The lowest BCUT2D eigenvalue weighted by Crippen LogP contribution is -2.60. The van der Waals surface area contributed by atoms with Crippen molar-refractivity contribution in [1.29, 1.82) is 0 Å². The van der Waals surface area contributed by atoms with Crippen molar-refractivity contribution in [2.24, 2.45) is 50.7 Å². The van der Waals surface area contributed by atoms with Crippen molar-refractivity contribution in [3.05, 3.63) is 0 Å². The van der Waals surface area contributed by atoms with Crippen molar-refractivity contribution in [2.45, 2.75) is 167 Å². The van der Waals surface area contributed by atoms with E-state index in [0.717, 1.165) is 44.9 Å². The number of rotatable bonds is 4. The number of hydrogen-bond acceptors (Lipinski definition) is 12. The summed E-state index contributed by atoms with van der Waals surface area (Å²) in [5.41, 5.74) is -1.84. The van der Waals surface area contributed by atoms with Crippen LogP contribution in [-0.4, -0.2) is 99.6 Å². The van der Waals surface area contributed by atoms with E-state index in [4.69, 9.17) is 28.4 Å². The number of esters is 1. The minimum absolute atomic E-state index is 0.00498. The summed E-state index contributed by atoms with van der Waals surface area (Å²) in [6, 6.07) is 0. The lowest BCUT2D eigenvalue weighted by molar-refractivity contribution is -0.283. The van der Waals surface area contributed by atoms with Crippen LogP contribution in [0.4, 0.5) is 4.79 Å². The van der Waals surface area contributed by atoms with Crippen molar-refractivity contribution in [3.8, 4) is 0 Å². The number of ether oxygens (including phenoxy) is 6. The van der Waals surface area contributed by atoms with Gasteiger partial charge in [0.2, 0.25) is 0 Å². The molecule has 282 valence electrons. The van der Waals surface area contributed by atoms with Crippen LogP contribution >= 0.6 is 0 Å². The average Bonchev–Trinajstić information content (AvgIpc) is 3.54. The van der Waals surface area contributed by atoms with Crippen LogP contribution < -0.4 is 0 Å². The number of aliphatic hydroxyl groups excluding tert-OH is 4. The van der Waals surface area contributed by atoms with Crippen LogP contribution in [0.15, 0.2) is 0 Å². The van der Waals surface area contributed by atoms with Gasteiger partial charge in [-0.05, 0) is 99.2 Å². The molecule has 3 aliphatic heterocycles. The molecule has 50 heavy (non-hydrogen) atoms. The Morgan fingerprint density at radius 1 is 0.880 bits per heavy atom. The van der Waals surface area contributed by atoms with Gasteiger partial charge in [0.15, 0.2) is 18.2 Å². The molecule has 8 rings (SSSR count). The molecule has 3 spiro atoms. The number of carbonyl (C=O) groups is 2. The van der Waals surface area contributed by atoms with Crippen molar-refractivity contribution in [3.63, 3.8) is 0 Å². The monoisotopic (exact) mass is 706 g/mol. The van der Waals surface area contributed by atoms with Crippen molar-refractivity contribution in [1.82, 2.24) is 0 Å². The third kappa shape index (κ3) is 4.24. The van der Waals surface area contributed by atoms with Gasteiger partial charge >= 0.3 is 12.1 Å². The Bertz CT molecular complexity index is 1430. The highest BCUT2D eigenvalue weighted by molar-refractivity contribution is 5.66. The molecule has 0 aromatic rings. The van der Waals surface area contributed by atoms with E-state index in [0.29, 0.717) is 12.3 Å². The van der Waals surface area contributed by atoms with Gasteiger partial charge in [0.05, 0.1) is 12.7 Å². The summed E-state index contributed by atoms with van der Waals surface area (Å²) >= 11 is 0. The van der Waals surface area contributed by atoms with E-state index in [-0.39, 0.29) is 58.1 Å². The summed E-state index contributed by atoms with van der Waals surface area (Å²) < 4.78 is 35.9. The molecule has 0 aromatic carbocycles. The predicted molar refractivity (Wildman–Crippen MR) is 175 cm³/mol. The molecule has 3 heterocycles. The largest absolute Gasteiger partial charge is 0.509 e. The quantitative estimate of drug-likeness (QED) is 0.312. The maximum absolute atomic E-state index is 13.1. The van der Waals surface area contributed by atoms with Gasteiger partial charge in [-0.3, -0.25) is 4.79 Å². The van der Waals surface area contributed by atoms with E-state index in [1.54, 1.807) is 0 Å². The van der Waals surface area contributed by atoms with Gasteiger partial charge in [0.1, 0.15) is 36.1 Å². The normalized spacial score (nSPS) is 55.8. The second-order valence-electron chi connectivity index (χ2n) is 19.2. The highest BCUT2D eigenvalue weighted by Gasteiger charge is 2.88. The molecule has 2 unspecified atom stereocenters. The molecule has 0 aromatic heterocycles. The Kier molecular flexibility index (Phi) is 7.65. The standard InChI is InChI=1S/C38H58O12/c1-18-15-21-28(33(5,6)48-19(2)39)50-38(49-21)27(18)34(7)13-14-37-17-36(37)12-11-24(46-31(44)47-26-20(40)16-45-29(42)25(26)41)32(3,4)22(36)9-10-23(37)35(34,8)30(38)43/h18,20-30,40-43H,9-17H2,1-8H3/t18-,20-,21-,22?,23?,24+,25-,26+,27-,28+,29-,30-,34-,35-,36-,37+,38+/m1/s1. The molecular formula is C38H58O12. The van der Waals surface area contributed by atoms with E-state index in [1.807, 2.05) is 13.8 Å². The topological polar surface area (TPSA) is 170 Å². The first kappa shape index (κ1) is 35.5. The third-order valence-corrected chi connectivity index (χ3v) is 16.4. The Labute approximate surface area is 294 Å². The first-order valence-corrected chi connectivity index (χ1v) is 19.0. The van der Waals surface area contributed by atoms with Crippen LogP contribution in [0.2, 0.25) is 0 Å². The summed E-state index contributed by atoms with van der Waals surface area (Å²) in [6.07, 6.45) is -1.40. The number of fused-ring (bicyclic) bond motifs is 4. The van der Waals surface area contributed by atoms with Gasteiger partial charge in [0.25, 0.3) is 0 Å². The van der Waals surface area contributed by atoms with Gasteiger partial charge < -0.3 is 48.8 Å². The first-order chi connectivity index (χ1) is 23.2. The van der Waals surface area contributed by atoms with Crippen LogP contribution in [0.25, 0.3) is 0 Å². The van der Waals surface area contributed by atoms with E-state index in [2.05, 4.69) is 34.6 Å². The van der Waals surface area contributed by atoms with Crippen LogP contribution in [-0.2, 0) is 33.2 Å². The first-order valence-electron chi connectivity index (χ1n) is 19.0. The summed E-state index contributed by atoms with van der Waals surface area (Å²) in [7, 11) is 0. The van der Waals surface area contributed by atoms with E-state index >= 15 is 0 Å². The fraction of sp³-hybridized carbons (Fsp3) is 0.947. The SMILES string of the molecule is CC(=O)OC(C)(C)[C@H]1O[C@@]23O[C@@H]1C[C@@H](C)[C@@H]2[C@@]1(C)CC[C@@]24C[C@@]25CC[C@H](OC(=O)O[C@@H]2[C@@H](O)[C@H](O)OC[C@H]2O)C(C)(C)C5CCC4[C@]1(C)[C@H]3O. The zero-order valence-electron chi connectivity index (χ0n) is 30.8. The van der Waals surface area contributed by atoms with Crippen LogP contribution in [0.5, 0.6) is 0 Å². The summed E-state index contributed by atoms with van der Waals surface area (Å²) in [6.45, 7) is 16.3. The Morgan fingerprint density at radius 2 is 1.56 bits per heavy atom. The molecule has 17 atom stereocenters. The molecule has 12 nitrogen and oxygen atoms in total. The summed E-state index contributed by atoms with van der Waals surface area (Å²) in [4.78, 5) is 25.2. The van der Waals surface area contributed by atoms with Crippen LogP contribution in [0.1, 0.15) is 107 Å². The van der Waals surface area contributed by atoms with E-state index in [1.165, 1.54) is 6.92 Å². The lowest BCUT2D eigenvalue weighted by atomic mass is 9.41. The van der Waals surface area contributed by atoms with Crippen molar-refractivity contribution < 1.29 is 58.4 Å². The zero-order chi connectivity index (χ0) is 36.2. The molecular weight excluding hydrogens is 648 g/mol. The molecule has 3 saturated heterocycles. The molecule has 5 saturated carbocycles. The maximum atomic E-state index is 13.1. The molecule has 5 aliphatic carbocycles. The van der Waals surface area contributed by atoms with Crippen molar-refractivity contribution in [2.75, 3.05) is 6.61 Å². The molecule has 8 fully saturated rings. The average molecular weight is 707 g/mol. The van der Waals surface area contributed by atoms with E-state index < -0.39 is 65.9 Å². The third-order valence-electron chi connectivity index (χ3n) is 16.4. The van der Waals surface area contributed by atoms with Crippen molar-refractivity contribution >= 4 is 12.1 Å².